The molecule has 0 saturated carbocycles. The van der Waals surface area contributed by atoms with E-state index in [1.165, 1.54) is 37.3 Å². The fourth-order valence-electron chi connectivity index (χ4n) is 2.33. The van der Waals surface area contributed by atoms with E-state index >= 15 is 0 Å². The molecule has 0 aromatic carbocycles. The molecule has 1 N–H and O–H groups in total. The second-order valence-electron chi connectivity index (χ2n) is 4.82. The summed E-state index contributed by atoms with van der Waals surface area (Å²) in [5.74, 6) is -0.352. The molecule has 4 nitrogen and oxygen atoms in total. The molecule has 0 unspecified atom stereocenters. The Bertz CT molecular complexity index is 424. The summed E-state index contributed by atoms with van der Waals surface area (Å²) in [7, 11) is 0. The van der Waals surface area contributed by atoms with Crippen molar-refractivity contribution in [1.82, 2.24) is 4.90 Å². The summed E-state index contributed by atoms with van der Waals surface area (Å²) in [6.07, 6.45) is 4.40. The number of carboxylic acid groups (broad SMARTS) is 1. The van der Waals surface area contributed by atoms with E-state index in [-0.39, 0.29) is 0 Å². The van der Waals surface area contributed by atoms with Gasteiger partial charge in [-0.2, -0.15) is 0 Å². The number of aromatic carboxylic acids is 1. The number of hydrogen-bond acceptors (Lipinski definition) is 4. The van der Waals surface area contributed by atoms with Gasteiger partial charge in [0.25, 0.3) is 0 Å². The number of carbonyl (C=O) groups is 1. The Labute approximate surface area is 118 Å². The van der Waals surface area contributed by atoms with Crippen LogP contribution in [0.15, 0.2) is 6.07 Å². The van der Waals surface area contributed by atoms with Crippen molar-refractivity contribution in [3.05, 3.63) is 15.8 Å². The molecule has 0 amide bonds. The van der Waals surface area contributed by atoms with E-state index in [9.17, 15) is 4.79 Å². The van der Waals surface area contributed by atoms with Gasteiger partial charge in [-0.15, -0.1) is 11.3 Å². The molecule has 1 saturated heterocycles. The average Bonchev–Trinajstić information content (AvgIpc) is 3.03. The normalized spacial score (nSPS) is 15.8. The minimum Gasteiger partial charge on any atom is -0.492 e. The highest BCUT2D eigenvalue weighted by molar-refractivity contribution is 7.14. The molecule has 0 spiro atoms. The molecule has 0 radical (unpaired) electrons. The van der Waals surface area contributed by atoms with Crippen molar-refractivity contribution in [1.29, 1.82) is 0 Å². The minimum atomic E-state index is -0.890. The van der Waals surface area contributed by atoms with Gasteiger partial charge in [0.1, 0.15) is 5.75 Å². The zero-order valence-corrected chi connectivity index (χ0v) is 12.2. The monoisotopic (exact) mass is 283 g/mol. The first-order valence-electron chi connectivity index (χ1n) is 6.92. The van der Waals surface area contributed by atoms with E-state index in [2.05, 4.69) is 4.90 Å². The zero-order chi connectivity index (χ0) is 13.7. The van der Waals surface area contributed by atoms with Crippen molar-refractivity contribution < 1.29 is 14.6 Å². The Kier molecular flexibility index (Phi) is 5.22. The van der Waals surface area contributed by atoms with Gasteiger partial charge in [-0.3, -0.25) is 0 Å². The standard InChI is InChI=1S/C14H21NO3S/c1-2-11-10-12(13(19-11)14(16)17)18-9-5-8-15-6-3-4-7-15/h10H,2-9H2,1H3,(H,16,17). The van der Waals surface area contributed by atoms with Crippen LogP contribution < -0.4 is 4.74 Å². The van der Waals surface area contributed by atoms with E-state index in [0.717, 1.165) is 24.3 Å². The van der Waals surface area contributed by atoms with Crippen molar-refractivity contribution in [3.63, 3.8) is 0 Å². The Balaban J connectivity index is 1.81. The SMILES string of the molecule is CCc1cc(OCCCN2CCCC2)c(C(=O)O)s1. The summed E-state index contributed by atoms with van der Waals surface area (Å²) >= 11 is 1.32. The maximum atomic E-state index is 11.1. The topological polar surface area (TPSA) is 49.8 Å². The van der Waals surface area contributed by atoms with Crippen LogP contribution in [0.2, 0.25) is 0 Å². The first-order valence-corrected chi connectivity index (χ1v) is 7.73. The number of rotatable bonds is 7. The van der Waals surface area contributed by atoms with Crippen LogP contribution in [-0.2, 0) is 6.42 Å². The van der Waals surface area contributed by atoms with Gasteiger partial charge in [-0.1, -0.05) is 6.92 Å². The van der Waals surface area contributed by atoms with Crippen LogP contribution >= 0.6 is 11.3 Å². The van der Waals surface area contributed by atoms with Crippen LogP contribution in [0, 0.1) is 0 Å². The van der Waals surface area contributed by atoms with Crippen LogP contribution in [0.25, 0.3) is 0 Å². The summed E-state index contributed by atoms with van der Waals surface area (Å²) in [5.41, 5.74) is 0. The third-order valence-electron chi connectivity index (χ3n) is 3.37. The lowest BCUT2D eigenvalue weighted by Crippen LogP contribution is -2.22. The predicted molar refractivity (Wildman–Crippen MR) is 76.4 cm³/mol. The maximum absolute atomic E-state index is 11.1. The van der Waals surface area contributed by atoms with Gasteiger partial charge in [-0.05, 0) is 44.8 Å². The number of carboxylic acids is 1. The molecule has 1 aliphatic rings. The summed E-state index contributed by atoms with van der Waals surface area (Å²) in [6, 6.07) is 1.87. The van der Waals surface area contributed by atoms with Crippen molar-refractivity contribution in [3.8, 4) is 5.75 Å². The lowest BCUT2D eigenvalue weighted by Gasteiger charge is -2.14. The van der Waals surface area contributed by atoms with Gasteiger partial charge in [0.15, 0.2) is 4.88 Å². The van der Waals surface area contributed by atoms with Gasteiger partial charge in [-0.25, -0.2) is 4.79 Å². The average molecular weight is 283 g/mol. The molecule has 0 aliphatic carbocycles. The summed E-state index contributed by atoms with van der Waals surface area (Å²) in [4.78, 5) is 14.9. The molecule has 1 aromatic rings. The lowest BCUT2D eigenvalue weighted by molar-refractivity contribution is 0.0698. The second-order valence-corrected chi connectivity index (χ2v) is 5.95. The third-order valence-corrected chi connectivity index (χ3v) is 4.62. The molecular formula is C14H21NO3S. The minimum absolute atomic E-state index is 0.332. The fourth-order valence-corrected chi connectivity index (χ4v) is 3.21. The molecule has 2 rings (SSSR count). The number of hydrogen-bond donors (Lipinski definition) is 1. The molecule has 1 fully saturated rings. The largest absolute Gasteiger partial charge is 0.492 e. The fraction of sp³-hybridized carbons (Fsp3) is 0.643. The van der Waals surface area contributed by atoms with Crippen molar-refractivity contribution in [2.45, 2.75) is 32.6 Å². The number of nitrogens with zero attached hydrogens (tertiary/aromatic N) is 1. The van der Waals surface area contributed by atoms with E-state index < -0.39 is 5.97 Å². The van der Waals surface area contributed by atoms with Gasteiger partial charge < -0.3 is 14.7 Å². The van der Waals surface area contributed by atoms with E-state index in [1.54, 1.807) is 0 Å². The van der Waals surface area contributed by atoms with Crippen molar-refractivity contribution in [2.75, 3.05) is 26.2 Å². The quantitative estimate of drug-likeness (QED) is 0.782. The van der Waals surface area contributed by atoms with Gasteiger partial charge in [0.05, 0.1) is 6.61 Å². The highest BCUT2D eigenvalue weighted by Gasteiger charge is 2.16. The third kappa shape index (κ3) is 3.94. The molecular weight excluding hydrogens is 262 g/mol. The Morgan fingerprint density at radius 1 is 1.47 bits per heavy atom. The van der Waals surface area contributed by atoms with Crippen LogP contribution in [0.1, 0.15) is 40.7 Å². The number of thiophene rings is 1. The Hall–Kier alpha value is -1.07. The van der Waals surface area contributed by atoms with Gasteiger partial charge >= 0.3 is 5.97 Å². The van der Waals surface area contributed by atoms with Crippen LogP contribution in [0.3, 0.4) is 0 Å². The van der Waals surface area contributed by atoms with E-state index in [4.69, 9.17) is 9.84 Å². The molecule has 1 aliphatic heterocycles. The first kappa shape index (κ1) is 14.3. The van der Waals surface area contributed by atoms with Crippen LogP contribution in [-0.4, -0.2) is 42.2 Å². The number of likely N-dealkylation sites (tertiary alicyclic amines) is 1. The highest BCUT2D eigenvalue weighted by Crippen LogP contribution is 2.29. The lowest BCUT2D eigenvalue weighted by atomic mass is 10.3. The maximum Gasteiger partial charge on any atom is 0.349 e. The summed E-state index contributed by atoms with van der Waals surface area (Å²) < 4.78 is 5.64. The molecule has 2 heterocycles. The molecule has 0 atom stereocenters. The Morgan fingerprint density at radius 2 is 2.21 bits per heavy atom. The highest BCUT2D eigenvalue weighted by atomic mass is 32.1. The smallest absolute Gasteiger partial charge is 0.349 e. The van der Waals surface area contributed by atoms with Crippen LogP contribution in [0.5, 0.6) is 5.75 Å². The van der Waals surface area contributed by atoms with Gasteiger partial charge in [0.2, 0.25) is 0 Å². The van der Waals surface area contributed by atoms with Gasteiger partial charge in [0, 0.05) is 11.4 Å². The zero-order valence-electron chi connectivity index (χ0n) is 11.4. The molecule has 106 valence electrons. The molecule has 19 heavy (non-hydrogen) atoms. The van der Waals surface area contributed by atoms with E-state index in [1.807, 2.05) is 13.0 Å². The second kappa shape index (κ2) is 6.91. The molecule has 0 bridgehead atoms. The first-order chi connectivity index (χ1) is 9.20. The predicted octanol–water partition coefficient (Wildman–Crippen LogP) is 2.87. The van der Waals surface area contributed by atoms with Crippen molar-refractivity contribution >= 4 is 17.3 Å². The summed E-state index contributed by atoms with van der Waals surface area (Å²) in [5, 5.41) is 9.13. The van der Waals surface area contributed by atoms with Crippen LogP contribution in [0.4, 0.5) is 0 Å². The number of aryl methyl sites for hydroxylation is 1. The van der Waals surface area contributed by atoms with E-state index in [0.29, 0.717) is 17.2 Å². The summed E-state index contributed by atoms with van der Waals surface area (Å²) in [6.45, 7) is 6.05. The molecule has 1 aromatic heterocycles. The van der Waals surface area contributed by atoms with Crippen molar-refractivity contribution in [2.24, 2.45) is 0 Å². The number of ether oxygens (including phenoxy) is 1. The molecule has 5 heteroatoms. The Morgan fingerprint density at radius 3 is 2.84 bits per heavy atom.